The van der Waals surface area contributed by atoms with Crippen molar-refractivity contribution in [2.24, 2.45) is 0 Å². The maximum absolute atomic E-state index is 14.7. The molecule has 2 N–H and O–H groups in total. The molecule has 2 aromatic rings. The van der Waals surface area contributed by atoms with Gasteiger partial charge in [0.1, 0.15) is 7.85 Å². The number of halogens is 3. The van der Waals surface area contributed by atoms with Gasteiger partial charge in [0.25, 0.3) is 11.8 Å². The third-order valence-electron chi connectivity index (χ3n) is 6.18. The Kier molecular flexibility index (Phi) is 6.35. The van der Waals surface area contributed by atoms with Crippen LogP contribution in [0, 0.1) is 0 Å². The SMILES string of the molecule is [B]C1CC([B])(N2Cc3cc(C([B])([B])NC(=O)C(F)(F)c4ccc(Cl)cc4)ccc3C2=O)C(=O)NC1=O. The van der Waals surface area contributed by atoms with Crippen LogP contribution in [0.2, 0.25) is 10.8 Å². The lowest BCUT2D eigenvalue weighted by atomic mass is 9.57. The van der Waals surface area contributed by atoms with Gasteiger partial charge in [0.15, 0.2) is 0 Å². The summed E-state index contributed by atoms with van der Waals surface area (Å²) in [6.45, 7) is -0.183. The van der Waals surface area contributed by atoms with Crippen molar-refractivity contribution in [3.8, 4) is 0 Å². The first-order valence-electron chi connectivity index (χ1n) is 10.6. The number of benzene rings is 2. The van der Waals surface area contributed by atoms with Crippen LogP contribution >= 0.6 is 11.6 Å². The Balaban J connectivity index is 1.57. The quantitative estimate of drug-likeness (QED) is 0.462. The van der Waals surface area contributed by atoms with Crippen LogP contribution in [0.25, 0.3) is 0 Å². The molecule has 1 fully saturated rings. The van der Waals surface area contributed by atoms with Gasteiger partial charge in [-0.15, -0.1) is 0 Å². The van der Waals surface area contributed by atoms with Gasteiger partial charge in [0.2, 0.25) is 11.8 Å². The lowest BCUT2D eigenvalue weighted by Gasteiger charge is -2.42. The van der Waals surface area contributed by atoms with E-state index in [1.807, 2.05) is 10.6 Å². The summed E-state index contributed by atoms with van der Waals surface area (Å²) in [6.07, 6.45) is -0.308. The molecule has 0 aliphatic carbocycles. The first-order valence-corrected chi connectivity index (χ1v) is 10.9. The molecule has 4 amide bonds. The molecule has 1 saturated heterocycles. The minimum atomic E-state index is -3.98. The summed E-state index contributed by atoms with van der Waals surface area (Å²) >= 11 is 5.71. The molecule has 0 spiro atoms. The van der Waals surface area contributed by atoms with E-state index in [4.69, 9.17) is 43.0 Å². The number of fused-ring (bicyclic) bond motifs is 1. The maximum Gasteiger partial charge on any atom is 0.349 e. The van der Waals surface area contributed by atoms with Gasteiger partial charge in [-0.3, -0.25) is 24.5 Å². The summed E-state index contributed by atoms with van der Waals surface area (Å²) in [7, 11) is 23.9. The van der Waals surface area contributed by atoms with Crippen LogP contribution < -0.4 is 10.6 Å². The minimum absolute atomic E-state index is 0.00204. The molecule has 4 rings (SSSR count). The van der Waals surface area contributed by atoms with Crippen LogP contribution in [0.3, 0.4) is 0 Å². The van der Waals surface area contributed by atoms with E-state index < -0.39 is 51.7 Å². The van der Waals surface area contributed by atoms with E-state index in [1.165, 1.54) is 30.3 Å². The highest BCUT2D eigenvalue weighted by Gasteiger charge is 2.50. The molecule has 8 radical (unpaired) electrons. The molecule has 0 saturated carbocycles. The average Bonchev–Trinajstić information content (AvgIpc) is 3.14. The van der Waals surface area contributed by atoms with Crippen molar-refractivity contribution in [3.05, 3.63) is 69.7 Å². The number of carbonyl (C=O) groups is 4. The van der Waals surface area contributed by atoms with Crippen LogP contribution in [0.1, 0.15) is 33.5 Å². The highest BCUT2D eigenvalue weighted by Crippen LogP contribution is 2.36. The second-order valence-corrected chi connectivity index (χ2v) is 9.16. The molecule has 7 nitrogen and oxygen atoms in total. The molecule has 2 unspecified atom stereocenters. The Hall–Kier alpha value is -3.07. The standard InChI is InChI=1S/C22H14B4ClF2N3O4/c23-15-8-20(24,18(35)30-16(15)33)32-9-10-7-12(3-6-14(10)17(32)34)22(25,26)31-19(36)21(28,29)11-1-4-13(27)5-2-11/h1-7,15H,8-9H2,(H,31,36)(H,30,33,35). The lowest BCUT2D eigenvalue weighted by Crippen LogP contribution is -2.64. The largest absolute Gasteiger partial charge is 0.358 e. The Bertz CT molecular complexity index is 1290. The summed E-state index contributed by atoms with van der Waals surface area (Å²) in [5.41, 5.74) is -2.05. The van der Waals surface area contributed by atoms with Crippen molar-refractivity contribution in [2.75, 3.05) is 0 Å². The fraction of sp³-hybridized carbons (Fsp3) is 0.273. The molecule has 2 heterocycles. The van der Waals surface area contributed by atoms with E-state index in [-0.39, 0.29) is 29.1 Å². The third-order valence-corrected chi connectivity index (χ3v) is 6.43. The van der Waals surface area contributed by atoms with Gasteiger partial charge in [-0.05, 0) is 41.1 Å². The van der Waals surface area contributed by atoms with Crippen molar-refractivity contribution in [2.45, 2.75) is 35.5 Å². The topological polar surface area (TPSA) is 95.6 Å². The summed E-state index contributed by atoms with van der Waals surface area (Å²) in [5.74, 6) is -9.07. The van der Waals surface area contributed by atoms with Crippen LogP contribution in [0.4, 0.5) is 8.78 Å². The van der Waals surface area contributed by atoms with Gasteiger partial charge >= 0.3 is 5.92 Å². The highest BCUT2D eigenvalue weighted by atomic mass is 35.5. The summed E-state index contributed by atoms with van der Waals surface area (Å²) in [5, 5.41) is 1.92. The van der Waals surface area contributed by atoms with Gasteiger partial charge in [-0.25, -0.2) is 0 Å². The molecule has 2 atom stereocenters. The highest BCUT2D eigenvalue weighted by molar-refractivity contribution is 6.41. The Morgan fingerprint density at radius 3 is 2.36 bits per heavy atom. The van der Waals surface area contributed by atoms with Gasteiger partial charge in [-0.2, -0.15) is 8.78 Å². The van der Waals surface area contributed by atoms with E-state index in [0.29, 0.717) is 5.56 Å². The number of carbonyl (C=O) groups excluding carboxylic acids is 4. The third kappa shape index (κ3) is 4.34. The molecule has 2 aliphatic rings. The average molecular weight is 501 g/mol. The number of amides is 4. The summed E-state index contributed by atoms with van der Waals surface area (Å²) < 4.78 is 29.4. The van der Waals surface area contributed by atoms with Crippen LogP contribution in [-0.2, 0) is 32.2 Å². The molecular formula is C22H14B4ClF2N3O4. The summed E-state index contributed by atoms with van der Waals surface area (Å²) in [6, 6.07) is 8.34. The Morgan fingerprint density at radius 1 is 1.11 bits per heavy atom. The van der Waals surface area contributed by atoms with E-state index >= 15 is 0 Å². The molecule has 0 bridgehead atoms. The van der Waals surface area contributed by atoms with E-state index in [0.717, 1.165) is 17.0 Å². The molecule has 0 aromatic heterocycles. The lowest BCUT2D eigenvalue weighted by molar-refractivity contribution is -0.147. The van der Waals surface area contributed by atoms with Gasteiger partial charge in [0, 0.05) is 28.5 Å². The summed E-state index contributed by atoms with van der Waals surface area (Å²) in [4.78, 5) is 50.6. The van der Waals surface area contributed by atoms with Gasteiger partial charge in [0.05, 0.1) is 29.0 Å². The van der Waals surface area contributed by atoms with Crippen LogP contribution in [0.15, 0.2) is 42.5 Å². The number of imide groups is 1. The predicted molar refractivity (Wildman–Crippen MR) is 129 cm³/mol. The van der Waals surface area contributed by atoms with Crippen LogP contribution in [-0.4, -0.2) is 65.4 Å². The van der Waals surface area contributed by atoms with E-state index in [9.17, 15) is 28.0 Å². The second kappa shape index (κ2) is 8.80. The van der Waals surface area contributed by atoms with E-state index in [2.05, 4.69) is 0 Å². The monoisotopic (exact) mass is 501 g/mol. The Labute approximate surface area is 215 Å². The normalized spacial score (nSPS) is 22.2. The number of nitrogens with zero attached hydrogens (tertiary/aromatic N) is 1. The number of alkyl halides is 2. The van der Waals surface area contributed by atoms with Crippen molar-refractivity contribution in [3.63, 3.8) is 0 Å². The fourth-order valence-electron chi connectivity index (χ4n) is 4.10. The molecule has 14 heteroatoms. The zero-order chi connectivity index (χ0) is 26.6. The number of hydrogen-bond acceptors (Lipinski definition) is 4. The van der Waals surface area contributed by atoms with Crippen LogP contribution in [0.5, 0.6) is 0 Å². The van der Waals surface area contributed by atoms with Crippen molar-refractivity contribution < 1.29 is 28.0 Å². The molecular weight excluding hydrogens is 487 g/mol. The molecule has 2 aliphatic heterocycles. The smallest absolute Gasteiger partial charge is 0.349 e. The van der Waals surface area contributed by atoms with Crippen molar-refractivity contribution in [1.29, 1.82) is 0 Å². The maximum atomic E-state index is 14.7. The first kappa shape index (κ1) is 26.0. The second-order valence-electron chi connectivity index (χ2n) is 8.72. The van der Waals surface area contributed by atoms with Crippen molar-refractivity contribution in [1.82, 2.24) is 15.5 Å². The number of nitrogens with one attached hydrogen (secondary N) is 2. The first-order chi connectivity index (χ1) is 16.7. The van der Waals surface area contributed by atoms with E-state index in [1.54, 1.807) is 0 Å². The Morgan fingerprint density at radius 2 is 1.72 bits per heavy atom. The molecule has 36 heavy (non-hydrogen) atoms. The molecule has 2 aromatic carbocycles. The number of rotatable bonds is 5. The predicted octanol–water partition coefficient (Wildman–Crippen LogP) is 0.520. The zero-order valence-electron chi connectivity index (χ0n) is 18.6. The molecule has 174 valence electrons. The van der Waals surface area contributed by atoms with Gasteiger partial charge in [-0.1, -0.05) is 35.9 Å². The van der Waals surface area contributed by atoms with Crippen molar-refractivity contribution >= 4 is 66.6 Å². The number of hydrogen-bond donors (Lipinski definition) is 2. The minimum Gasteiger partial charge on any atom is -0.358 e. The number of piperidine rings is 1. The zero-order valence-corrected chi connectivity index (χ0v) is 19.3. The fourth-order valence-corrected chi connectivity index (χ4v) is 4.22. The van der Waals surface area contributed by atoms with Gasteiger partial charge < -0.3 is 10.2 Å².